The molecule has 3 atom stereocenters. The Labute approximate surface area is 194 Å². The average molecular weight is 442 g/mol. The lowest BCUT2D eigenvalue weighted by Gasteiger charge is -2.49. The van der Waals surface area contributed by atoms with Crippen LogP contribution in [0.15, 0.2) is 115 Å². The Balaban J connectivity index is 2.00. The van der Waals surface area contributed by atoms with Crippen LogP contribution in [0, 0.1) is 0 Å². The van der Waals surface area contributed by atoms with Gasteiger partial charge < -0.3 is 4.90 Å². The first-order chi connectivity index (χ1) is 15.6. The second-order valence-corrected chi connectivity index (χ2v) is 8.72. The van der Waals surface area contributed by atoms with Crippen molar-refractivity contribution in [1.82, 2.24) is 14.9 Å². The van der Waals surface area contributed by atoms with Crippen LogP contribution in [-0.2, 0) is 5.54 Å². The molecular formula is C28H32N3P. The maximum Gasteiger partial charge on any atom is 0.117 e. The minimum absolute atomic E-state index is 0.0523. The van der Waals surface area contributed by atoms with Gasteiger partial charge in [0.05, 0.1) is 0 Å². The number of hydrogen-bond acceptors (Lipinski definition) is 3. The molecule has 1 N–H and O–H groups in total. The topological polar surface area (TPSA) is 18.5 Å². The Bertz CT molecular complexity index is 953. The zero-order valence-electron chi connectivity index (χ0n) is 18.9. The van der Waals surface area contributed by atoms with Crippen molar-refractivity contribution < 1.29 is 0 Å². The van der Waals surface area contributed by atoms with Gasteiger partial charge in [0.1, 0.15) is 11.7 Å². The van der Waals surface area contributed by atoms with Crippen LogP contribution in [0.25, 0.3) is 0 Å². The minimum Gasteiger partial charge on any atom is -0.341 e. The third-order valence-electron chi connectivity index (χ3n) is 6.60. The van der Waals surface area contributed by atoms with E-state index in [1.807, 2.05) is 6.20 Å². The molecule has 0 radical (unpaired) electrons. The summed E-state index contributed by atoms with van der Waals surface area (Å²) in [6.45, 7) is 7.43. The Morgan fingerprint density at radius 1 is 0.906 bits per heavy atom. The van der Waals surface area contributed by atoms with E-state index in [9.17, 15) is 0 Å². The lowest BCUT2D eigenvalue weighted by atomic mass is 9.75. The van der Waals surface area contributed by atoms with E-state index in [0.29, 0.717) is 6.04 Å². The predicted octanol–water partition coefficient (Wildman–Crippen LogP) is 5.39. The van der Waals surface area contributed by atoms with E-state index >= 15 is 0 Å². The van der Waals surface area contributed by atoms with E-state index in [-0.39, 0.29) is 6.17 Å². The summed E-state index contributed by atoms with van der Waals surface area (Å²) in [6.07, 6.45) is 4.43. The zero-order chi connectivity index (χ0) is 22.6. The van der Waals surface area contributed by atoms with Crippen molar-refractivity contribution in [2.45, 2.75) is 24.7 Å². The van der Waals surface area contributed by atoms with Gasteiger partial charge in [-0.25, -0.2) is 0 Å². The van der Waals surface area contributed by atoms with Crippen LogP contribution in [-0.4, -0.2) is 35.6 Å². The number of nitrogens with one attached hydrogen (secondary N) is 1. The smallest absolute Gasteiger partial charge is 0.117 e. The number of nitrogens with zero attached hydrogens (tertiary/aromatic N) is 2. The first kappa shape index (κ1) is 22.5. The van der Waals surface area contributed by atoms with Crippen LogP contribution in [0.4, 0.5) is 0 Å². The van der Waals surface area contributed by atoms with Gasteiger partial charge in [-0.2, -0.15) is 0 Å². The van der Waals surface area contributed by atoms with Crippen molar-refractivity contribution in [3.63, 3.8) is 0 Å². The van der Waals surface area contributed by atoms with E-state index in [1.165, 1.54) is 22.3 Å². The third-order valence-corrected chi connectivity index (χ3v) is 6.84. The second kappa shape index (κ2) is 9.83. The van der Waals surface area contributed by atoms with Gasteiger partial charge in [-0.1, -0.05) is 113 Å². The monoisotopic (exact) mass is 441 g/mol. The third kappa shape index (κ3) is 3.82. The van der Waals surface area contributed by atoms with E-state index in [2.05, 4.69) is 142 Å². The molecule has 0 aromatic heterocycles. The highest BCUT2D eigenvalue weighted by Gasteiger charge is 2.46. The van der Waals surface area contributed by atoms with E-state index in [1.54, 1.807) is 0 Å². The summed E-state index contributed by atoms with van der Waals surface area (Å²) in [5, 5.41) is 3.27. The Kier molecular flexibility index (Phi) is 6.91. The Morgan fingerprint density at radius 2 is 1.34 bits per heavy atom. The van der Waals surface area contributed by atoms with Crippen molar-refractivity contribution >= 4 is 9.39 Å². The van der Waals surface area contributed by atoms with Crippen molar-refractivity contribution in [3.8, 4) is 0 Å². The normalized spacial score (nSPS) is 18.9. The molecular weight excluding hydrogens is 409 g/mol. The van der Waals surface area contributed by atoms with Gasteiger partial charge >= 0.3 is 0 Å². The molecule has 32 heavy (non-hydrogen) atoms. The largest absolute Gasteiger partial charge is 0.341 e. The molecule has 3 nitrogen and oxygen atoms in total. The molecule has 2 unspecified atom stereocenters. The fourth-order valence-electron chi connectivity index (χ4n) is 5.09. The van der Waals surface area contributed by atoms with Crippen molar-refractivity contribution in [1.29, 1.82) is 0 Å². The SMILES string of the molecule is C=CN(C1C=C(C)[C@@H](CNP)N1C)C(c1ccccc1)(c1ccccc1)c1ccccc1. The highest BCUT2D eigenvalue weighted by atomic mass is 31.0. The average Bonchev–Trinajstić information content (AvgIpc) is 3.12. The van der Waals surface area contributed by atoms with E-state index < -0.39 is 5.54 Å². The summed E-state index contributed by atoms with van der Waals surface area (Å²) in [7, 11) is 4.83. The lowest BCUT2D eigenvalue weighted by Crippen LogP contribution is -2.55. The van der Waals surface area contributed by atoms with E-state index in [0.717, 1.165) is 6.54 Å². The summed E-state index contributed by atoms with van der Waals surface area (Å²) in [6, 6.07) is 32.6. The molecule has 3 aromatic rings. The second-order valence-electron chi connectivity index (χ2n) is 8.31. The standard InChI is InChI=1S/C28H32N3P/c1-4-31(27-20-22(2)26(21-29-32)30(27)3)28(23-14-8-5-9-15-23,24-16-10-6-11-17-24)25-18-12-7-13-19-25/h4-20,26-27,29H,1,21,32H2,2-3H3/t26-,27?/m1/s1. The molecule has 164 valence electrons. The van der Waals surface area contributed by atoms with Crippen LogP contribution in [0.3, 0.4) is 0 Å². The summed E-state index contributed by atoms with van der Waals surface area (Å²) < 4.78 is 0. The number of benzene rings is 3. The van der Waals surface area contributed by atoms with Gasteiger partial charge in [-0.05, 0) is 42.9 Å². The molecule has 4 heteroatoms. The first-order valence-electron chi connectivity index (χ1n) is 11.1. The Hall–Kier alpha value is -2.71. The quantitative estimate of drug-likeness (QED) is 0.287. The maximum atomic E-state index is 4.33. The van der Waals surface area contributed by atoms with Gasteiger partial charge in [0, 0.05) is 12.6 Å². The molecule has 3 aromatic carbocycles. The fourth-order valence-corrected chi connectivity index (χ4v) is 5.31. The predicted molar refractivity (Wildman–Crippen MR) is 138 cm³/mol. The maximum absolute atomic E-state index is 4.33. The molecule has 0 aliphatic carbocycles. The lowest BCUT2D eigenvalue weighted by molar-refractivity contribution is 0.0761. The summed E-state index contributed by atoms with van der Waals surface area (Å²) in [5.74, 6) is 0. The highest BCUT2D eigenvalue weighted by molar-refractivity contribution is 7.13. The van der Waals surface area contributed by atoms with Crippen LogP contribution < -0.4 is 5.09 Å². The molecule has 0 amide bonds. The van der Waals surface area contributed by atoms with Gasteiger partial charge in [-0.15, -0.1) is 0 Å². The molecule has 0 fully saturated rings. The highest BCUT2D eigenvalue weighted by Crippen LogP contribution is 2.45. The molecule has 0 saturated carbocycles. The first-order valence-corrected chi connectivity index (χ1v) is 11.6. The van der Waals surface area contributed by atoms with Crippen LogP contribution in [0.2, 0.25) is 0 Å². The number of hydrogen-bond donors (Lipinski definition) is 1. The van der Waals surface area contributed by atoms with Crippen molar-refractivity contribution in [2.75, 3.05) is 13.6 Å². The van der Waals surface area contributed by atoms with Gasteiger partial charge in [0.25, 0.3) is 0 Å². The Morgan fingerprint density at radius 3 is 1.72 bits per heavy atom. The van der Waals surface area contributed by atoms with Gasteiger partial charge in [-0.3, -0.25) is 9.99 Å². The summed E-state index contributed by atoms with van der Waals surface area (Å²) in [5.41, 5.74) is 4.46. The zero-order valence-corrected chi connectivity index (χ0v) is 20.0. The number of likely N-dealkylation sites (N-methyl/N-ethyl adjacent to an activating group) is 1. The van der Waals surface area contributed by atoms with E-state index in [4.69, 9.17) is 0 Å². The van der Waals surface area contributed by atoms with Gasteiger partial charge in [0.15, 0.2) is 0 Å². The minimum atomic E-state index is -0.537. The van der Waals surface area contributed by atoms with Crippen LogP contribution >= 0.6 is 9.39 Å². The van der Waals surface area contributed by atoms with Gasteiger partial charge in [0.2, 0.25) is 0 Å². The van der Waals surface area contributed by atoms with Crippen molar-refractivity contribution in [2.24, 2.45) is 0 Å². The molecule has 1 heterocycles. The molecule has 0 bridgehead atoms. The van der Waals surface area contributed by atoms with Crippen LogP contribution in [0.1, 0.15) is 23.6 Å². The van der Waals surface area contributed by atoms with Crippen LogP contribution in [0.5, 0.6) is 0 Å². The molecule has 0 saturated heterocycles. The molecule has 4 rings (SSSR count). The summed E-state index contributed by atoms with van der Waals surface area (Å²) >= 11 is 0. The fraction of sp³-hybridized carbons (Fsp3) is 0.214. The molecule has 1 aliphatic heterocycles. The molecule has 1 aliphatic rings. The summed E-state index contributed by atoms with van der Waals surface area (Å²) in [4.78, 5) is 4.84. The number of rotatable bonds is 8. The van der Waals surface area contributed by atoms with Crippen molar-refractivity contribution in [3.05, 3.63) is 132 Å². The molecule has 0 spiro atoms.